The van der Waals surface area contributed by atoms with Gasteiger partial charge in [-0.3, -0.25) is 0 Å². The lowest BCUT2D eigenvalue weighted by atomic mass is 10.0. The van der Waals surface area contributed by atoms with E-state index in [-0.39, 0.29) is 6.61 Å². The molecule has 1 aromatic heterocycles. The van der Waals surface area contributed by atoms with Gasteiger partial charge in [0.05, 0.1) is 18.1 Å². The summed E-state index contributed by atoms with van der Waals surface area (Å²) < 4.78 is 2.00. The predicted octanol–water partition coefficient (Wildman–Crippen LogP) is 2.67. The summed E-state index contributed by atoms with van der Waals surface area (Å²) >= 11 is 2.32. The van der Waals surface area contributed by atoms with Crippen molar-refractivity contribution in [1.82, 2.24) is 9.55 Å². The van der Waals surface area contributed by atoms with Crippen molar-refractivity contribution in [3.05, 3.63) is 29.5 Å². The molecule has 2 aromatic rings. The monoisotopic (exact) mass is 334 g/mol. The number of fused-ring (bicyclic) bond motifs is 1. The van der Waals surface area contributed by atoms with Crippen molar-refractivity contribution in [2.24, 2.45) is 0 Å². The summed E-state index contributed by atoms with van der Waals surface area (Å²) in [6.45, 7) is 2.28. The molecule has 0 aliphatic rings. The number of hydrogen-bond acceptors (Lipinski definition) is 2. The fourth-order valence-electron chi connectivity index (χ4n) is 1.69. The van der Waals surface area contributed by atoms with Gasteiger partial charge in [0.1, 0.15) is 0 Å². The van der Waals surface area contributed by atoms with Crippen LogP contribution in [-0.4, -0.2) is 21.3 Å². The smallest absolute Gasteiger partial charge is 0.0732 e. The van der Waals surface area contributed by atoms with E-state index in [0.29, 0.717) is 6.37 Å². The molecule has 0 aliphatic carbocycles. The van der Waals surface area contributed by atoms with Crippen molar-refractivity contribution in [1.29, 1.82) is 0 Å². The third kappa shape index (κ3) is 2.17. The highest BCUT2D eigenvalue weighted by Gasteiger charge is 2.05. The topological polar surface area (TPSA) is 38.0 Å². The number of rotatable bonds is 3. The number of nitrogens with zero attached hydrogens (tertiary/aromatic N) is 2. The molecular weight excluding hydrogens is 322 g/mol. The van der Waals surface area contributed by atoms with Crippen LogP contribution in [0.15, 0.2) is 18.3 Å². The lowest BCUT2D eigenvalue weighted by Gasteiger charge is -2.05. The summed E-state index contributed by atoms with van der Waals surface area (Å²) in [6, 6.07) is 4.28. The molecule has 0 amide bonds. The molecule has 3 nitrogen and oxygen atoms in total. The van der Waals surface area contributed by atoms with E-state index in [1.165, 1.54) is 16.5 Å². The highest BCUT2D eigenvalue weighted by Crippen LogP contribution is 2.29. The van der Waals surface area contributed by atoms with E-state index in [1.54, 1.807) is 0 Å². The van der Waals surface area contributed by atoms with Crippen LogP contribution in [0.25, 0.3) is 10.9 Å². The fourth-order valence-corrected chi connectivity index (χ4v) is 3.23. The molecule has 2 rings (SSSR count). The van der Waals surface area contributed by atoms with Gasteiger partial charge in [-0.1, -0.05) is 0 Å². The molecule has 0 bridgehead atoms. The summed E-state index contributed by atoms with van der Waals surface area (Å²) in [5.41, 5.74) is 3.60. The van der Waals surface area contributed by atoms with Crippen LogP contribution in [0, 0.1) is 6.92 Å². The van der Waals surface area contributed by atoms with Gasteiger partial charge in [-0.25, -0.2) is 4.45 Å². The van der Waals surface area contributed by atoms with Crippen LogP contribution in [0.5, 0.6) is 0 Å². The largest absolute Gasteiger partial charge is 0.396 e. The maximum Gasteiger partial charge on any atom is 0.0732 e. The molecule has 5 heteroatoms. The Morgan fingerprint density at radius 3 is 3.00 bits per heavy atom. The van der Waals surface area contributed by atoms with Crippen molar-refractivity contribution in [3.63, 3.8) is 0 Å². The first kappa shape index (κ1) is 11.3. The second-order valence-electron chi connectivity index (χ2n) is 3.45. The van der Waals surface area contributed by atoms with Gasteiger partial charge in [0.15, 0.2) is 0 Å². The van der Waals surface area contributed by atoms with Crippen molar-refractivity contribution in [2.45, 2.75) is 13.3 Å². The molecule has 1 atom stereocenters. The van der Waals surface area contributed by atoms with Crippen LogP contribution in [0.1, 0.15) is 11.1 Å². The summed E-state index contributed by atoms with van der Waals surface area (Å²) in [4.78, 5) is 0. The first-order valence-electron chi connectivity index (χ1n) is 4.71. The third-order valence-corrected chi connectivity index (χ3v) is 4.37. The summed E-state index contributed by atoms with van der Waals surface area (Å²) in [5, 5.41) is 14.5. The lowest BCUT2D eigenvalue weighted by Crippen LogP contribution is -1.94. The standard InChI is InChI=1S/C10H12IN2OP/c1-7-4-9-6-12-13(15-11)10(9)5-8(7)2-3-14/h4-6,14-15H,2-3H2,1H3. The van der Waals surface area contributed by atoms with Crippen molar-refractivity contribution in [2.75, 3.05) is 6.61 Å². The Balaban J connectivity index is 2.58. The van der Waals surface area contributed by atoms with Crippen LogP contribution in [0.4, 0.5) is 0 Å². The van der Waals surface area contributed by atoms with Crippen LogP contribution in [-0.2, 0) is 6.42 Å². The van der Waals surface area contributed by atoms with E-state index in [9.17, 15) is 0 Å². The Morgan fingerprint density at radius 2 is 2.33 bits per heavy atom. The van der Waals surface area contributed by atoms with E-state index >= 15 is 0 Å². The molecule has 1 unspecified atom stereocenters. The molecule has 0 spiro atoms. The number of aliphatic hydroxyl groups excluding tert-OH is 1. The highest BCUT2D eigenvalue weighted by atomic mass is 127. The molecule has 0 radical (unpaired) electrons. The van der Waals surface area contributed by atoms with Gasteiger partial charge in [0.25, 0.3) is 0 Å². The molecule has 0 fully saturated rings. The van der Waals surface area contributed by atoms with Gasteiger partial charge in [-0.05, 0) is 58.6 Å². The van der Waals surface area contributed by atoms with Crippen LogP contribution < -0.4 is 0 Å². The summed E-state index contributed by atoms with van der Waals surface area (Å²) in [7, 11) is 0. The molecule has 80 valence electrons. The minimum absolute atomic E-state index is 0.201. The molecule has 0 aliphatic heterocycles. The van der Waals surface area contributed by atoms with Crippen LogP contribution >= 0.6 is 28.4 Å². The molecule has 1 heterocycles. The highest BCUT2D eigenvalue weighted by molar-refractivity contribution is 14.2. The SMILES string of the molecule is Cc1cc2cnn(PI)c2cc1CCO. The van der Waals surface area contributed by atoms with Crippen molar-refractivity contribution in [3.8, 4) is 0 Å². The lowest BCUT2D eigenvalue weighted by molar-refractivity contribution is 0.299. The molecule has 1 aromatic carbocycles. The normalized spacial score (nSPS) is 11.9. The number of aryl methyl sites for hydroxylation is 1. The summed E-state index contributed by atoms with van der Waals surface area (Å²) in [5.74, 6) is 0. The number of aliphatic hydroxyl groups is 1. The van der Waals surface area contributed by atoms with Gasteiger partial charge in [-0.2, -0.15) is 5.10 Å². The first-order chi connectivity index (χ1) is 7.26. The Kier molecular flexibility index (Phi) is 3.59. The maximum atomic E-state index is 8.97. The van der Waals surface area contributed by atoms with Gasteiger partial charge < -0.3 is 5.11 Å². The van der Waals surface area contributed by atoms with E-state index < -0.39 is 0 Å². The average molecular weight is 334 g/mol. The van der Waals surface area contributed by atoms with Crippen molar-refractivity contribution < 1.29 is 5.11 Å². The molecular formula is C10H12IN2OP. The minimum atomic E-state index is 0.201. The Hall–Kier alpha value is -0.190. The zero-order valence-electron chi connectivity index (χ0n) is 8.37. The molecule has 15 heavy (non-hydrogen) atoms. The first-order valence-corrected chi connectivity index (χ1v) is 8.77. The Labute approximate surface area is 103 Å². The van der Waals surface area contributed by atoms with Gasteiger partial charge in [0.2, 0.25) is 0 Å². The van der Waals surface area contributed by atoms with Gasteiger partial charge in [0, 0.05) is 12.0 Å². The van der Waals surface area contributed by atoms with Gasteiger partial charge in [-0.15, -0.1) is 0 Å². The molecule has 1 N–H and O–H groups in total. The number of aromatic nitrogens is 2. The number of halogens is 1. The van der Waals surface area contributed by atoms with Crippen LogP contribution in [0.2, 0.25) is 0 Å². The Morgan fingerprint density at radius 1 is 1.53 bits per heavy atom. The second kappa shape index (κ2) is 4.76. The van der Waals surface area contributed by atoms with Gasteiger partial charge >= 0.3 is 0 Å². The third-order valence-electron chi connectivity index (χ3n) is 2.49. The minimum Gasteiger partial charge on any atom is -0.396 e. The Bertz CT molecular complexity index is 483. The van der Waals surface area contributed by atoms with E-state index in [1.807, 2.05) is 10.6 Å². The second-order valence-corrected chi connectivity index (χ2v) is 5.49. The quantitative estimate of drug-likeness (QED) is 0.692. The van der Waals surface area contributed by atoms with E-state index in [2.05, 4.69) is 46.2 Å². The van der Waals surface area contributed by atoms with E-state index in [0.717, 1.165) is 11.9 Å². The predicted molar refractivity (Wildman–Crippen MR) is 73.0 cm³/mol. The number of hydrogen-bond donors (Lipinski definition) is 1. The zero-order chi connectivity index (χ0) is 10.8. The zero-order valence-corrected chi connectivity index (χ0v) is 11.5. The summed E-state index contributed by atoms with van der Waals surface area (Å²) in [6.07, 6.45) is 3.24. The van der Waals surface area contributed by atoms with E-state index in [4.69, 9.17) is 5.11 Å². The molecule has 0 saturated heterocycles. The average Bonchev–Trinajstić information content (AvgIpc) is 2.61. The molecule has 0 saturated carbocycles. The van der Waals surface area contributed by atoms with Crippen molar-refractivity contribution >= 4 is 39.3 Å². The fraction of sp³-hybridized carbons (Fsp3) is 0.300. The van der Waals surface area contributed by atoms with Crippen LogP contribution in [0.3, 0.4) is 0 Å². The number of benzene rings is 1. The maximum absolute atomic E-state index is 8.97.